The third kappa shape index (κ3) is 15.8. The Morgan fingerprint density at radius 2 is 0.935 bits per heavy atom. The number of hydrogen-bond donors (Lipinski definition) is 0. The van der Waals surface area contributed by atoms with Gasteiger partial charge >= 0.3 is 23.9 Å². The van der Waals surface area contributed by atoms with Gasteiger partial charge in [0.15, 0.2) is 0 Å². The molecule has 2 saturated heterocycles. The SMILES string of the molecule is Cc1cc[c-]cc1.Cc1cc[c-]cc1.S=C([S-])N1CCCC1.S=C([S-])N1CCCC1.[Sn+4]. The third-order valence-corrected chi connectivity index (χ3v) is 5.53. The fourth-order valence-corrected chi connectivity index (χ4v) is 3.47. The van der Waals surface area contributed by atoms with Gasteiger partial charge in [0.2, 0.25) is 0 Å². The van der Waals surface area contributed by atoms with E-state index in [1.807, 2.05) is 48.5 Å². The van der Waals surface area contributed by atoms with Gasteiger partial charge in [-0.2, -0.15) is 71.8 Å². The van der Waals surface area contributed by atoms with Gasteiger partial charge in [0.05, 0.1) is 0 Å². The van der Waals surface area contributed by atoms with Crippen molar-refractivity contribution in [1.29, 1.82) is 0 Å². The van der Waals surface area contributed by atoms with Gasteiger partial charge in [-0.1, -0.05) is 22.5 Å². The van der Waals surface area contributed by atoms with E-state index in [0.29, 0.717) is 8.64 Å². The van der Waals surface area contributed by atoms with Crippen LogP contribution in [-0.4, -0.2) is 68.5 Å². The average Bonchev–Trinajstić information content (AvgIpc) is 3.45. The van der Waals surface area contributed by atoms with E-state index in [0.717, 1.165) is 26.2 Å². The minimum Gasteiger partial charge on any atom is -0.411 e. The molecule has 2 fully saturated rings. The molecule has 2 heterocycles. The van der Waals surface area contributed by atoms with E-state index in [2.05, 4.69) is 35.8 Å². The largest absolute Gasteiger partial charge is 4.00 e. The number of rotatable bonds is 0. The van der Waals surface area contributed by atoms with E-state index < -0.39 is 0 Å². The van der Waals surface area contributed by atoms with E-state index >= 15 is 0 Å². The number of hydrogen-bond acceptors (Lipinski definition) is 4. The second kappa shape index (κ2) is 19.0. The summed E-state index contributed by atoms with van der Waals surface area (Å²) >= 11 is 19.2. The molecule has 2 aromatic carbocycles. The average molecular weight is 593 g/mol. The van der Waals surface area contributed by atoms with Gasteiger partial charge in [-0.25, -0.2) is 0 Å². The molecule has 2 aliphatic heterocycles. The smallest absolute Gasteiger partial charge is 0.411 e. The zero-order chi connectivity index (χ0) is 22.2. The van der Waals surface area contributed by atoms with Crippen molar-refractivity contribution < 1.29 is 0 Å². The molecule has 0 radical (unpaired) electrons. The van der Waals surface area contributed by atoms with E-state index in [9.17, 15) is 0 Å². The zero-order valence-electron chi connectivity index (χ0n) is 18.3. The maximum atomic E-state index is 4.80. The molecule has 0 saturated carbocycles. The molecule has 2 aliphatic rings. The van der Waals surface area contributed by atoms with Gasteiger partial charge in [-0.3, -0.25) is 0 Å². The summed E-state index contributed by atoms with van der Waals surface area (Å²) in [4.78, 5) is 4.15. The number of aryl methyl sites for hydroxylation is 2. The Bertz CT molecular complexity index is 653. The van der Waals surface area contributed by atoms with Crippen molar-refractivity contribution in [2.45, 2.75) is 39.5 Å². The predicted molar refractivity (Wildman–Crippen MR) is 147 cm³/mol. The normalized spacial score (nSPS) is 13.9. The van der Waals surface area contributed by atoms with Crippen LogP contribution in [0, 0.1) is 26.0 Å². The van der Waals surface area contributed by atoms with E-state index in [1.165, 1.54) is 36.8 Å². The molecule has 0 unspecified atom stereocenters. The molecular formula is C24H30N2S4Sn. The first kappa shape index (κ1) is 30.5. The summed E-state index contributed by atoms with van der Waals surface area (Å²) in [6.45, 7) is 8.47. The van der Waals surface area contributed by atoms with Crippen molar-refractivity contribution in [3.63, 3.8) is 0 Å². The second-order valence-electron chi connectivity index (χ2n) is 7.07. The number of nitrogens with zero attached hydrogens (tertiary/aromatic N) is 2. The van der Waals surface area contributed by atoms with Crippen LogP contribution in [0.2, 0.25) is 0 Å². The number of thiocarbonyl (C=S) groups is 2. The van der Waals surface area contributed by atoms with Crippen LogP contribution in [0.1, 0.15) is 36.8 Å². The van der Waals surface area contributed by atoms with E-state index in [-0.39, 0.29) is 23.9 Å². The first-order valence-corrected chi connectivity index (χ1v) is 11.8. The van der Waals surface area contributed by atoms with Crippen LogP contribution < -0.4 is 0 Å². The summed E-state index contributed by atoms with van der Waals surface area (Å²) in [6, 6.07) is 21.6. The molecule has 164 valence electrons. The Labute approximate surface area is 227 Å². The molecule has 0 N–H and O–H groups in total. The monoisotopic (exact) mass is 594 g/mol. The molecule has 31 heavy (non-hydrogen) atoms. The van der Waals surface area contributed by atoms with Gasteiger partial charge in [0, 0.05) is 26.2 Å². The van der Waals surface area contributed by atoms with Crippen molar-refractivity contribution in [2.75, 3.05) is 26.2 Å². The number of likely N-dealkylation sites (tertiary alicyclic amines) is 2. The van der Waals surface area contributed by atoms with Gasteiger partial charge in [0.25, 0.3) is 0 Å². The van der Waals surface area contributed by atoms with Crippen molar-refractivity contribution >= 4 is 82.2 Å². The first-order chi connectivity index (χ1) is 14.4. The van der Waals surface area contributed by atoms with Crippen molar-refractivity contribution in [1.82, 2.24) is 9.80 Å². The van der Waals surface area contributed by atoms with Crippen LogP contribution in [0.3, 0.4) is 0 Å². The maximum Gasteiger partial charge on any atom is 4.00 e. The summed E-state index contributed by atoms with van der Waals surface area (Å²) < 4.78 is 1.28. The fourth-order valence-electron chi connectivity index (χ4n) is 2.74. The summed E-state index contributed by atoms with van der Waals surface area (Å²) in [5.41, 5.74) is 2.58. The Balaban J connectivity index is 0.000000384. The molecule has 4 rings (SSSR count). The summed E-state index contributed by atoms with van der Waals surface area (Å²) in [6.07, 6.45) is 5.04. The molecule has 2 nitrogen and oxygen atoms in total. The zero-order valence-corrected chi connectivity index (χ0v) is 24.4. The Hall–Kier alpha value is -0.541. The fraction of sp³-hybridized carbons (Fsp3) is 0.417. The standard InChI is InChI=1S/2C7H7.2C5H9NS2.Sn/c2*1-7-5-3-2-4-6-7;2*7-5(8)6-3-1-2-4-6;/h2*3-6H,1H3;2*1-4H2,(H,7,8);/q2*-1;;;+4/p-2. The molecular weight excluding hydrogens is 563 g/mol. The topological polar surface area (TPSA) is 6.48 Å². The predicted octanol–water partition coefficient (Wildman–Crippen LogP) is 5.04. The molecule has 2 aromatic rings. The van der Waals surface area contributed by atoms with Crippen LogP contribution in [0.4, 0.5) is 0 Å². The van der Waals surface area contributed by atoms with Gasteiger partial charge in [0.1, 0.15) is 0 Å². The molecule has 7 heteroatoms. The van der Waals surface area contributed by atoms with Crippen molar-refractivity contribution in [3.8, 4) is 0 Å². The van der Waals surface area contributed by atoms with Crippen LogP contribution >= 0.6 is 24.4 Å². The Morgan fingerprint density at radius 3 is 1.06 bits per heavy atom. The molecule has 0 atom stereocenters. The van der Waals surface area contributed by atoms with E-state index in [4.69, 9.17) is 49.7 Å². The minimum absolute atomic E-state index is 0. The van der Waals surface area contributed by atoms with Crippen molar-refractivity contribution in [2.24, 2.45) is 0 Å². The first-order valence-electron chi connectivity index (χ1n) is 10.2. The summed E-state index contributed by atoms with van der Waals surface area (Å²) in [7, 11) is 0. The summed E-state index contributed by atoms with van der Waals surface area (Å²) in [5.74, 6) is 0. The maximum absolute atomic E-state index is 4.80. The molecule has 0 amide bonds. The van der Waals surface area contributed by atoms with Crippen molar-refractivity contribution in [3.05, 3.63) is 71.8 Å². The van der Waals surface area contributed by atoms with Crippen LogP contribution in [-0.2, 0) is 25.3 Å². The van der Waals surface area contributed by atoms with Crippen LogP contribution in [0.25, 0.3) is 0 Å². The Kier molecular flexibility index (Phi) is 18.6. The van der Waals surface area contributed by atoms with Gasteiger partial charge in [-0.15, -0.1) is 0 Å². The van der Waals surface area contributed by atoms with Gasteiger partial charge < -0.3 is 59.5 Å². The minimum atomic E-state index is 0. The second-order valence-corrected chi connectivity index (χ2v) is 9.14. The quantitative estimate of drug-likeness (QED) is 0.182. The Morgan fingerprint density at radius 1 is 0.677 bits per heavy atom. The van der Waals surface area contributed by atoms with E-state index in [1.54, 1.807) is 0 Å². The third-order valence-electron chi connectivity index (χ3n) is 4.50. The van der Waals surface area contributed by atoms with Crippen LogP contribution in [0.5, 0.6) is 0 Å². The molecule has 0 aliphatic carbocycles. The molecule has 0 spiro atoms. The van der Waals surface area contributed by atoms with Crippen LogP contribution in [0.15, 0.2) is 48.5 Å². The molecule has 0 bridgehead atoms. The van der Waals surface area contributed by atoms with Gasteiger partial charge in [-0.05, 0) is 25.7 Å². The number of benzene rings is 2. The summed E-state index contributed by atoms with van der Waals surface area (Å²) in [5, 5.41) is 0. The molecule has 0 aromatic heterocycles.